The molecular formula is C17H10N6O3S2. The highest BCUT2D eigenvalue weighted by Crippen LogP contribution is 2.30. The van der Waals surface area contributed by atoms with Gasteiger partial charge in [-0.3, -0.25) is 14.9 Å². The summed E-state index contributed by atoms with van der Waals surface area (Å²) in [5, 5.41) is 29.8. The lowest BCUT2D eigenvalue weighted by atomic mass is 10.1. The van der Waals surface area contributed by atoms with Crippen LogP contribution in [-0.4, -0.2) is 26.4 Å². The molecule has 9 nitrogen and oxygen atoms in total. The zero-order valence-corrected chi connectivity index (χ0v) is 15.9. The molecule has 0 saturated heterocycles. The third kappa shape index (κ3) is 3.49. The zero-order chi connectivity index (χ0) is 20.4. The van der Waals surface area contributed by atoms with E-state index < -0.39 is 4.92 Å². The fourth-order valence-corrected chi connectivity index (χ4v) is 4.36. The molecule has 0 saturated carbocycles. The number of carbonyl (C=O) groups excluding carboxylic acids is 1. The van der Waals surface area contributed by atoms with Crippen LogP contribution in [0.1, 0.15) is 26.5 Å². The van der Waals surface area contributed by atoms with Gasteiger partial charge >= 0.3 is 0 Å². The first-order valence-electron chi connectivity index (χ1n) is 7.67. The maximum absolute atomic E-state index is 12.5. The van der Waals surface area contributed by atoms with Gasteiger partial charge in [-0.1, -0.05) is 11.8 Å². The Morgan fingerprint density at radius 3 is 2.68 bits per heavy atom. The first kappa shape index (κ1) is 19.2. The van der Waals surface area contributed by atoms with Gasteiger partial charge in [0, 0.05) is 12.1 Å². The van der Waals surface area contributed by atoms with Crippen LogP contribution in [0.15, 0.2) is 23.2 Å². The molecule has 0 spiro atoms. The van der Waals surface area contributed by atoms with Crippen molar-refractivity contribution in [1.82, 2.24) is 9.97 Å². The highest BCUT2D eigenvalue weighted by molar-refractivity contribution is 8.00. The fraction of sp³-hybridized carbons (Fsp3) is 0.118. The van der Waals surface area contributed by atoms with Crippen molar-refractivity contribution in [3.63, 3.8) is 0 Å². The largest absolute Gasteiger partial charge is 0.383 e. The van der Waals surface area contributed by atoms with E-state index in [0.717, 1.165) is 23.1 Å². The normalized spacial score (nSPS) is 10.4. The summed E-state index contributed by atoms with van der Waals surface area (Å²) in [4.78, 5) is 31.1. The number of fused-ring (bicyclic) bond motifs is 1. The number of anilines is 1. The maximum Gasteiger partial charge on any atom is 0.270 e. The quantitative estimate of drug-likeness (QED) is 0.288. The monoisotopic (exact) mass is 410 g/mol. The third-order valence-electron chi connectivity index (χ3n) is 3.83. The number of aromatic nitrogens is 2. The number of nitro groups is 1. The Balaban J connectivity index is 1.85. The molecule has 1 aromatic carbocycles. The number of non-ortho nitro benzene ring substituents is 1. The van der Waals surface area contributed by atoms with Crippen LogP contribution in [0.4, 0.5) is 11.5 Å². The molecule has 2 N–H and O–H groups in total. The minimum absolute atomic E-state index is 0.00115. The minimum Gasteiger partial charge on any atom is -0.383 e. The predicted molar refractivity (Wildman–Crippen MR) is 104 cm³/mol. The third-order valence-corrected chi connectivity index (χ3v) is 5.86. The van der Waals surface area contributed by atoms with E-state index in [4.69, 9.17) is 11.0 Å². The van der Waals surface area contributed by atoms with E-state index in [1.165, 1.54) is 18.2 Å². The average molecular weight is 410 g/mol. The van der Waals surface area contributed by atoms with Crippen LogP contribution >= 0.6 is 23.1 Å². The highest BCUT2D eigenvalue weighted by atomic mass is 32.2. The lowest BCUT2D eigenvalue weighted by molar-refractivity contribution is -0.384. The van der Waals surface area contributed by atoms with Crippen LogP contribution in [-0.2, 0) is 0 Å². The number of Topliss-reactive ketones (excluding diaryl/α,β-unsaturated/α-hetero) is 1. The predicted octanol–water partition coefficient (Wildman–Crippen LogP) is 3.21. The van der Waals surface area contributed by atoms with Crippen molar-refractivity contribution in [3.05, 3.63) is 50.0 Å². The number of ketones is 1. The number of nitro benzene ring substituents is 1. The molecular weight excluding hydrogens is 400 g/mol. The van der Waals surface area contributed by atoms with E-state index >= 15 is 0 Å². The summed E-state index contributed by atoms with van der Waals surface area (Å²) in [6, 6.07) is 8.10. The number of thioether (sulfide) groups is 1. The van der Waals surface area contributed by atoms with E-state index in [2.05, 4.69) is 9.97 Å². The van der Waals surface area contributed by atoms with E-state index in [1.807, 2.05) is 12.1 Å². The summed E-state index contributed by atoms with van der Waals surface area (Å²) in [5.74, 6) is -0.352. The second kappa shape index (κ2) is 7.60. The summed E-state index contributed by atoms with van der Waals surface area (Å²) in [6.45, 7) is 1.60. The molecule has 11 heteroatoms. The topological polar surface area (TPSA) is 160 Å². The van der Waals surface area contributed by atoms with Gasteiger partial charge in [-0.2, -0.15) is 10.5 Å². The Morgan fingerprint density at radius 1 is 1.32 bits per heavy atom. The Kier molecular flexibility index (Phi) is 5.22. The standard InChI is InChI=1S/C17H10N6O3S2/c1-8-10(5-18)15(20)22-16(11(8)6-19)27-7-13(24)17-21-12-3-2-9(23(25)26)4-14(12)28-17/h2-4H,7H2,1H3,(H2,20,22). The van der Waals surface area contributed by atoms with Crippen LogP contribution in [0, 0.1) is 39.7 Å². The lowest BCUT2D eigenvalue weighted by Gasteiger charge is -2.08. The van der Waals surface area contributed by atoms with Gasteiger partial charge in [-0.05, 0) is 18.6 Å². The molecule has 0 radical (unpaired) electrons. The van der Waals surface area contributed by atoms with Crippen LogP contribution < -0.4 is 5.73 Å². The SMILES string of the molecule is Cc1c(C#N)c(N)nc(SCC(=O)c2nc3ccc([N+](=O)[O-])cc3s2)c1C#N. The zero-order valence-electron chi connectivity index (χ0n) is 14.3. The first-order valence-corrected chi connectivity index (χ1v) is 9.47. The van der Waals surface area contributed by atoms with E-state index in [-0.39, 0.29) is 44.2 Å². The van der Waals surface area contributed by atoms with Gasteiger partial charge in [0.2, 0.25) is 5.78 Å². The van der Waals surface area contributed by atoms with Gasteiger partial charge in [0.15, 0.2) is 5.01 Å². The van der Waals surface area contributed by atoms with Crippen molar-refractivity contribution in [2.45, 2.75) is 11.9 Å². The van der Waals surface area contributed by atoms with Gasteiger partial charge in [0.25, 0.3) is 5.69 Å². The second-order valence-corrected chi connectivity index (χ2v) is 7.54. The number of nitriles is 2. The van der Waals surface area contributed by atoms with Crippen molar-refractivity contribution < 1.29 is 9.72 Å². The molecule has 3 aromatic rings. The summed E-state index contributed by atoms with van der Waals surface area (Å²) in [6.07, 6.45) is 0. The first-order chi connectivity index (χ1) is 13.3. The lowest BCUT2D eigenvalue weighted by Crippen LogP contribution is -2.06. The number of nitrogens with two attached hydrogens (primary N) is 1. The van der Waals surface area contributed by atoms with Gasteiger partial charge in [0.05, 0.1) is 32.0 Å². The number of hydrogen-bond acceptors (Lipinski definition) is 10. The average Bonchev–Trinajstić information content (AvgIpc) is 3.09. The smallest absolute Gasteiger partial charge is 0.270 e. The number of hydrogen-bond donors (Lipinski definition) is 1. The van der Waals surface area contributed by atoms with Gasteiger partial charge < -0.3 is 5.73 Å². The molecule has 3 rings (SSSR count). The van der Waals surface area contributed by atoms with Crippen molar-refractivity contribution in [2.24, 2.45) is 0 Å². The van der Waals surface area contributed by atoms with Crippen LogP contribution in [0.2, 0.25) is 0 Å². The maximum atomic E-state index is 12.5. The molecule has 0 aliphatic rings. The highest BCUT2D eigenvalue weighted by Gasteiger charge is 2.19. The molecule has 0 amide bonds. The van der Waals surface area contributed by atoms with Crippen LogP contribution in [0.3, 0.4) is 0 Å². The molecule has 0 fully saturated rings. The van der Waals surface area contributed by atoms with Crippen LogP contribution in [0.25, 0.3) is 10.2 Å². The molecule has 0 bridgehead atoms. The van der Waals surface area contributed by atoms with Crippen molar-refractivity contribution in [1.29, 1.82) is 10.5 Å². The van der Waals surface area contributed by atoms with Gasteiger partial charge in [-0.15, -0.1) is 11.3 Å². The Labute approximate surface area is 166 Å². The summed E-state index contributed by atoms with van der Waals surface area (Å²) < 4.78 is 0.539. The number of carbonyl (C=O) groups is 1. The fourth-order valence-electron chi connectivity index (χ4n) is 2.42. The van der Waals surface area contributed by atoms with E-state index in [9.17, 15) is 20.2 Å². The van der Waals surface area contributed by atoms with Crippen molar-refractivity contribution in [3.8, 4) is 12.1 Å². The Morgan fingerprint density at radius 2 is 2.04 bits per heavy atom. The molecule has 2 heterocycles. The van der Waals surface area contributed by atoms with Crippen molar-refractivity contribution >= 4 is 50.6 Å². The number of pyridine rings is 1. The molecule has 2 aromatic heterocycles. The molecule has 28 heavy (non-hydrogen) atoms. The molecule has 138 valence electrons. The number of nitrogens with zero attached hydrogens (tertiary/aromatic N) is 5. The number of thiazole rings is 1. The molecule has 0 atom stereocenters. The molecule has 0 unspecified atom stereocenters. The second-order valence-electron chi connectivity index (χ2n) is 5.54. The van der Waals surface area contributed by atoms with Crippen LogP contribution in [0.5, 0.6) is 0 Å². The number of nitrogen functional groups attached to an aromatic ring is 1. The number of rotatable bonds is 5. The van der Waals surface area contributed by atoms with E-state index in [1.54, 1.807) is 6.92 Å². The Hall–Kier alpha value is -3.54. The number of benzene rings is 1. The Bertz CT molecular complexity index is 1220. The van der Waals surface area contributed by atoms with E-state index in [0.29, 0.717) is 15.8 Å². The summed E-state index contributed by atoms with van der Waals surface area (Å²) in [7, 11) is 0. The van der Waals surface area contributed by atoms with Gasteiger partial charge in [-0.25, -0.2) is 9.97 Å². The summed E-state index contributed by atoms with van der Waals surface area (Å²) >= 11 is 2.09. The summed E-state index contributed by atoms with van der Waals surface area (Å²) in [5.41, 5.74) is 6.93. The molecule has 0 aliphatic heterocycles. The minimum atomic E-state index is -0.511. The van der Waals surface area contributed by atoms with Gasteiger partial charge in [0.1, 0.15) is 23.0 Å². The van der Waals surface area contributed by atoms with Crippen molar-refractivity contribution in [2.75, 3.05) is 11.5 Å². The molecule has 0 aliphatic carbocycles.